The summed E-state index contributed by atoms with van der Waals surface area (Å²) in [7, 11) is 0. The zero-order valence-electron chi connectivity index (χ0n) is 16.5. The van der Waals surface area contributed by atoms with Crippen molar-refractivity contribution in [1.29, 1.82) is 0 Å². The molecule has 6 heteroatoms. The molecule has 0 unspecified atom stereocenters. The molecule has 0 aliphatic carbocycles. The zero-order valence-corrected chi connectivity index (χ0v) is 16.5. The van der Waals surface area contributed by atoms with Gasteiger partial charge >= 0.3 is 0 Å². The Hall–Kier alpha value is -3.93. The molecule has 150 valence electrons. The van der Waals surface area contributed by atoms with Gasteiger partial charge in [0.05, 0.1) is 6.04 Å². The summed E-state index contributed by atoms with van der Waals surface area (Å²) in [5, 5.41) is 6.95. The van der Waals surface area contributed by atoms with E-state index in [1.807, 2.05) is 79.7 Å². The van der Waals surface area contributed by atoms with Crippen LogP contribution < -0.4 is 10.1 Å². The van der Waals surface area contributed by atoms with Gasteiger partial charge in [-0.1, -0.05) is 65.8 Å². The molecule has 4 rings (SSSR count). The van der Waals surface area contributed by atoms with Crippen LogP contribution in [-0.2, 0) is 4.79 Å². The summed E-state index contributed by atoms with van der Waals surface area (Å²) < 4.78 is 11.0. The molecule has 0 saturated carbocycles. The first-order chi connectivity index (χ1) is 14.7. The van der Waals surface area contributed by atoms with Gasteiger partial charge in [-0.25, -0.2) is 0 Å². The molecular weight excluding hydrogens is 378 g/mol. The predicted molar refractivity (Wildman–Crippen MR) is 114 cm³/mol. The first-order valence-electron chi connectivity index (χ1n) is 9.66. The van der Waals surface area contributed by atoms with Crippen molar-refractivity contribution in [1.82, 2.24) is 15.5 Å². The molecule has 4 aromatic rings. The number of hydrogen-bond acceptors (Lipinski definition) is 5. The lowest BCUT2D eigenvalue weighted by Crippen LogP contribution is -2.31. The van der Waals surface area contributed by atoms with Crippen LogP contribution in [0.5, 0.6) is 5.75 Å². The van der Waals surface area contributed by atoms with E-state index in [0.29, 0.717) is 17.5 Å². The molecule has 1 aromatic heterocycles. The van der Waals surface area contributed by atoms with E-state index >= 15 is 0 Å². The molecule has 0 bridgehead atoms. The second-order valence-corrected chi connectivity index (χ2v) is 6.80. The molecule has 0 saturated heterocycles. The summed E-state index contributed by atoms with van der Waals surface area (Å²) >= 11 is 0. The molecule has 0 radical (unpaired) electrons. The minimum absolute atomic E-state index is 0.0603. The number of hydrogen-bond donors (Lipinski definition) is 1. The highest BCUT2D eigenvalue weighted by molar-refractivity contribution is 5.78. The Labute approximate surface area is 174 Å². The summed E-state index contributed by atoms with van der Waals surface area (Å²) in [4.78, 5) is 16.6. The Morgan fingerprint density at radius 3 is 2.30 bits per heavy atom. The maximum absolute atomic E-state index is 12.2. The van der Waals surface area contributed by atoms with Gasteiger partial charge in [0.25, 0.3) is 11.8 Å². The highest BCUT2D eigenvalue weighted by atomic mass is 16.5. The van der Waals surface area contributed by atoms with E-state index in [-0.39, 0.29) is 18.6 Å². The molecule has 3 aromatic carbocycles. The molecule has 6 nitrogen and oxygen atoms in total. The van der Waals surface area contributed by atoms with Gasteiger partial charge in [-0.05, 0) is 36.8 Å². The van der Waals surface area contributed by atoms with Gasteiger partial charge in [0.15, 0.2) is 6.61 Å². The number of amides is 1. The van der Waals surface area contributed by atoms with Crippen molar-refractivity contribution in [2.45, 2.75) is 13.0 Å². The number of nitrogens with zero attached hydrogens (tertiary/aromatic N) is 2. The molecule has 0 spiro atoms. The van der Waals surface area contributed by atoms with Gasteiger partial charge in [-0.15, -0.1) is 0 Å². The van der Waals surface area contributed by atoms with Crippen LogP contribution in [0.25, 0.3) is 22.8 Å². The lowest BCUT2D eigenvalue weighted by atomic mass is 10.1. The van der Waals surface area contributed by atoms with Crippen molar-refractivity contribution in [2.24, 2.45) is 0 Å². The molecule has 1 heterocycles. The third kappa shape index (κ3) is 4.72. The van der Waals surface area contributed by atoms with Gasteiger partial charge in [0.2, 0.25) is 5.82 Å². The topological polar surface area (TPSA) is 77.2 Å². The lowest BCUT2D eigenvalue weighted by Gasteiger charge is -2.14. The molecule has 1 amide bonds. The molecule has 30 heavy (non-hydrogen) atoms. The van der Waals surface area contributed by atoms with Crippen molar-refractivity contribution in [3.05, 3.63) is 90.5 Å². The Bertz CT molecular complexity index is 1090. The summed E-state index contributed by atoms with van der Waals surface area (Å²) in [5.41, 5.74) is 2.71. The van der Waals surface area contributed by atoms with E-state index in [2.05, 4.69) is 15.5 Å². The fourth-order valence-corrected chi connectivity index (χ4v) is 3.00. The SMILES string of the molecule is C[C@H](NC(=O)COc1ccc(-c2nc(-c3ccccc3)no2)cc1)c1ccccc1. The van der Waals surface area contributed by atoms with Crippen molar-refractivity contribution in [2.75, 3.05) is 6.61 Å². The second-order valence-electron chi connectivity index (χ2n) is 6.80. The maximum atomic E-state index is 12.2. The first-order valence-corrected chi connectivity index (χ1v) is 9.66. The number of aromatic nitrogens is 2. The number of carbonyl (C=O) groups is 1. The molecule has 1 N–H and O–H groups in total. The minimum Gasteiger partial charge on any atom is -0.484 e. The average molecular weight is 399 g/mol. The van der Waals surface area contributed by atoms with Crippen molar-refractivity contribution >= 4 is 5.91 Å². The minimum atomic E-state index is -0.181. The van der Waals surface area contributed by atoms with Crippen LogP contribution in [0.1, 0.15) is 18.5 Å². The van der Waals surface area contributed by atoms with Crippen molar-refractivity contribution in [3.8, 4) is 28.6 Å². The van der Waals surface area contributed by atoms with Crippen LogP contribution in [0.4, 0.5) is 0 Å². The van der Waals surface area contributed by atoms with Crippen LogP contribution in [-0.4, -0.2) is 22.7 Å². The highest BCUT2D eigenvalue weighted by Crippen LogP contribution is 2.24. The fourth-order valence-electron chi connectivity index (χ4n) is 3.00. The van der Waals surface area contributed by atoms with Gasteiger partial charge in [-0.2, -0.15) is 4.98 Å². The first kappa shape index (κ1) is 19.4. The highest BCUT2D eigenvalue weighted by Gasteiger charge is 2.12. The van der Waals surface area contributed by atoms with Crippen LogP contribution in [0.15, 0.2) is 89.5 Å². The Balaban J connectivity index is 1.33. The van der Waals surface area contributed by atoms with Crippen molar-refractivity contribution < 1.29 is 14.1 Å². The largest absolute Gasteiger partial charge is 0.484 e. The van der Waals surface area contributed by atoms with Crippen LogP contribution >= 0.6 is 0 Å². The standard InChI is InChI=1S/C24H21N3O3/c1-17(18-8-4-2-5-9-18)25-22(28)16-29-21-14-12-20(13-15-21)24-26-23(27-30-24)19-10-6-3-7-11-19/h2-15,17H,16H2,1H3,(H,25,28)/t17-/m0/s1. The maximum Gasteiger partial charge on any atom is 0.258 e. The summed E-state index contributed by atoms with van der Waals surface area (Å²) in [6.07, 6.45) is 0. The molecular formula is C24H21N3O3. The van der Waals surface area contributed by atoms with Gasteiger partial charge in [-0.3, -0.25) is 4.79 Å². The van der Waals surface area contributed by atoms with Crippen LogP contribution in [0, 0.1) is 0 Å². The van der Waals surface area contributed by atoms with Crippen molar-refractivity contribution in [3.63, 3.8) is 0 Å². The summed E-state index contributed by atoms with van der Waals surface area (Å²) in [5.74, 6) is 1.37. The number of benzene rings is 3. The number of ether oxygens (including phenoxy) is 1. The lowest BCUT2D eigenvalue weighted by molar-refractivity contribution is -0.123. The third-order valence-corrected chi connectivity index (χ3v) is 4.61. The van der Waals surface area contributed by atoms with Crippen LogP contribution in [0.2, 0.25) is 0 Å². The average Bonchev–Trinajstić information content (AvgIpc) is 3.29. The van der Waals surface area contributed by atoms with E-state index in [1.165, 1.54) is 0 Å². The van der Waals surface area contributed by atoms with Gasteiger partial charge < -0.3 is 14.6 Å². The monoisotopic (exact) mass is 399 g/mol. The fraction of sp³-hybridized carbons (Fsp3) is 0.125. The van der Waals surface area contributed by atoms with E-state index in [1.54, 1.807) is 12.1 Å². The third-order valence-electron chi connectivity index (χ3n) is 4.61. The molecule has 1 atom stereocenters. The Morgan fingerprint density at radius 1 is 0.933 bits per heavy atom. The Morgan fingerprint density at radius 2 is 1.60 bits per heavy atom. The van der Waals surface area contributed by atoms with Crippen LogP contribution in [0.3, 0.4) is 0 Å². The molecule has 0 aliphatic heterocycles. The number of rotatable bonds is 7. The predicted octanol–water partition coefficient (Wildman–Crippen LogP) is 4.66. The molecule has 0 aliphatic rings. The quantitative estimate of drug-likeness (QED) is 0.489. The summed E-state index contributed by atoms with van der Waals surface area (Å²) in [6.45, 7) is 1.88. The van der Waals surface area contributed by atoms with E-state index in [9.17, 15) is 4.79 Å². The van der Waals surface area contributed by atoms with Gasteiger partial charge in [0, 0.05) is 11.1 Å². The van der Waals surface area contributed by atoms with E-state index in [0.717, 1.165) is 16.7 Å². The normalized spacial score (nSPS) is 11.6. The van der Waals surface area contributed by atoms with E-state index in [4.69, 9.17) is 9.26 Å². The number of carbonyl (C=O) groups excluding carboxylic acids is 1. The van der Waals surface area contributed by atoms with Gasteiger partial charge in [0.1, 0.15) is 5.75 Å². The zero-order chi connectivity index (χ0) is 20.8. The van der Waals surface area contributed by atoms with E-state index < -0.39 is 0 Å². The number of nitrogens with one attached hydrogen (secondary N) is 1. The molecule has 0 fully saturated rings. The Kier molecular flexibility index (Phi) is 5.85. The second kappa shape index (κ2) is 9.05. The smallest absolute Gasteiger partial charge is 0.258 e. The summed E-state index contributed by atoms with van der Waals surface area (Å²) in [6, 6.07) is 26.5.